The molecule has 0 aliphatic carbocycles. The highest BCUT2D eigenvalue weighted by molar-refractivity contribution is 7.93. The minimum Gasteiger partial charge on any atom is -0.409 e. The summed E-state index contributed by atoms with van der Waals surface area (Å²) in [5, 5.41) is 0.740. The predicted molar refractivity (Wildman–Crippen MR) is 79.7 cm³/mol. The van der Waals surface area contributed by atoms with Crippen LogP contribution in [0.3, 0.4) is 0 Å². The molecule has 1 N–H and O–H groups in total. The third kappa shape index (κ3) is 4.16. The fourth-order valence-electron chi connectivity index (χ4n) is 1.26. The smallest absolute Gasteiger partial charge is 0.148 e. The van der Waals surface area contributed by atoms with Crippen molar-refractivity contribution in [3.8, 4) is 5.75 Å². The molecule has 1 aromatic rings. The van der Waals surface area contributed by atoms with E-state index < -0.39 is 0 Å². The molecule has 6 heteroatoms. The summed E-state index contributed by atoms with van der Waals surface area (Å²) in [6.07, 6.45) is 0. The molecule has 0 fully saturated rings. The highest BCUT2D eigenvalue weighted by Crippen LogP contribution is 2.20. The summed E-state index contributed by atoms with van der Waals surface area (Å²) in [5.41, 5.74) is 1.48. The first-order chi connectivity index (χ1) is 7.93. The van der Waals surface area contributed by atoms with Crippen LogP contribution in [-0.2, 0) is 0 Å². The van der Waals surface area contributed by atoms with Gasteiger partial charge in [-0.2, -0.15) is 0 Å². The van der Waals surface area contributed by atoms with Gasteiger partial charge in [0.05, 0.1) is 0 Å². The van der Waals surface area contributed by atoms with Crippen LogP contribution in [-0.4, -0.2) is 14.4 Å². The van der Waals surface area contributed by atoms with Gasteiger partial charge in [0.1, 0.15) is 31.6 Å². The lowest BCUT2D eigenvalue weighted by atomic mass is 9.90. The first-order valence-corrected chi connectivity index (χ1v) is 6.87. The maximum atomic E-state index is 13.4. The Balaban J connectivity index is 2.68. The van der Waals surface area contributed by atoms with E-state index in [1.54, 1.807) is 7.85 Å². The zero-order valence-corrected chi connectivity index (χ0v) is 12.6. The molecular weight excluding hydrogens is 255 g/mol. The molecule has 0 spiro atoms. The fraction of sp³-hybridized carbons (Fsp3) is 0.455. The first kappa shape index (κ1) is 14.8. The third-order valence-corrected chi connectivity index (χ3v) is 3.44. The standard InChI is InChI=1S/C11H18BFNOPS/c1-6(2)5-14-17-15-11-7(3)10(12)8(13)4-9(11)16/h4,6,14H,5,12,16H2,1-3H3. The normalized spacial score (nSPS) is 10.9. The first-order valence-electron chi connectivity index (χ1n) is 5.55. The van der Waals surface area contributed by atoms with E-state index >= 15 is 0 Å². The van der Waals surface area contributed by atoms with E-state index in [1.807, 2.05) is 6.92 Å². The molecular formula is C11H18BFNOPS. The molecule has 1 unspecified atom stereocenters. The Labute approximate surface area is 110 Å². The van der Waals surface area contributed by atoms with Crippen molar-refractivity contribution in [3.05, 3.63) is 17.4 Å². The molecule has 0 amide bonds. The largest absolute Gasteiger partial charge is 0.409 e. The second-order valence-electron chi connectivity index (χ2n) is 4.44. The van der Waals surface area contributed by atoms with Crippen molar-refractivity contribution < 1.29 is 8.57 Å². The minimum atomic E-state index is -0.194. The van der Waals surface area contributed by atoms with E-state index in [0.29, 0.717) is 11.4 Å². The fourth-order valence-corrected chi connectivity index (χ4v) is 2.53. The van der Waals surface area contributed by atoms with E-state index in [2.05, 4.69) is 27.8 Å². The van der Waals surface area contributed by atoms with E-state index in [4.69, 9.17) is 4.18 Å². The zero-order valence-electron chi connectivity index (χ0n) is 10.6. The molecule has 94 valence electrons. The van der Waals surface area contributed by atoms with Crippen molar-refractivity contribution in [2.75, 3.05) is 6.54 Å². The van der Waals surface area contributed by atoms with Crippen molar-refractivity contribution in [2.45, 2.75) is 20.8 Å². The van der Waals surface area contributed by atoms with Gasteiger partial charge in [-0.05, 0) is 29.9 Å². The number of rotatable bonds is 5. The highest BCUT2D eigenvalue weighted by atomic mass is 32.2. The van der Waals surface area contributed by atoms with Gasteiger partial charge in [-0.3, -0.25) is 0 Å². The third-order valence-electron chi connectivity index (χ3n) is 2.48. The average Bonchev–Trinajstić information content (AvgIpc) is 2.24. The van der Waals surface area contributed by atoms with Gasteiger partial charge >= 0.3 is 0 Å². The lowest BCUT2D eigenvalue weighted by Crippen LogP contribution is -2.20. The molecule has 0 aliphatic rings. The van der Waals surface area contributed by atoms with Gasteiger partial charge < -0.3 is 4.18 Å². The number of halogens is 1. The second kappa shape index (κ2) is 6.62. The molecule has 17 heavy (non-hydrogen) atoms. The van der Waals surface area contributed by atoms with Crippen molar-refractivity contribution in [1.29, 1.82) is 0 Å². The Bertz CT molecular complexity index is 404. The molecule has 0 saturated heterocycles. The van der Waals surface area contributed by atoms with Crippen molar-refractivity contribution in [1.82, 2.24) is 4.72 Å². The van der Waals surface area contributed by atoms with Crippen LogP contribution < -0.4 is 19.7 Å². The van der Waals surface area contributed by atoms with Crippen molar-refractivity contribution in [2.24, 2.45) is 5.92 Å². The van der Waals surface area contributed by atoms with Crippen LogP contribution in [0.5, 0.6) is 5.75 Å². The minimum absolute atomic E-state index is 0.194. The maximum Gasteiger partial charge on any atom is 0.148 e. The Morgan fingerprint density at radius 2 is 2.24 bits per heavy atom. The molecule has 1 aromatic carbocycles. The summed E-state index contributed by atoms with van der Waals surface area (Å²) in [7, 11) is 4.26. The second-order valence-corrected chi connectivity index (χ2v) is 5.68. The number of nitrogens with one attached hydrogen (secondary N) is 1. The van der Waals surface area contributed by atoms with Crippen LogP contribution in [0.1, 0.15) is 19.4 Å². The molecule has 2 nitrogen and oxygen atoms in total. The highest BCUT2D eigenvalue weighted by Gasteiger charge is 2.11. The maximum absolute atomic E-state index is 13.4. The van der Waals surface area contributed by atoms with Crippen molar-refractivity contribution in [3.63, 3.8) is 0 Å². The van der Waals surface area contributed by atoms with Crippen LogP contribution in [0.2, 0.25) is 0 Å². The molecule has 1 atom stereocenters. The van der Waals surface area contributed by atoms with Gasteiger partial charge in [-0.1, -0.05) is 13.8 Å². The Kier molecular flexibility index (Phi) is 5.77. The molecule has 0 aromatic heterocycles. The average molecular weight is 273 g/mol. The van der Waals surface area contributed by atoms with Gasteiger partial charge in [-0.15, -0.1) is 9.24 Å². The molecule has 0 bridgehead atoms. The molecule has 0 radical (unpaired) electrons. The Hall–Kier alpha value is -0.245. The number of hydrogen-bond acceptors (Lipinski definition) is 3. The van der Waals surface area contributed by atoms with Gasteiger partial charge in [0, 0.05) is 11.8 Å². The van der Waals surface area contributed by atoms with Crippen LogP contribution in [0, 0.1) is 18.7 Å². The monoisotopic (exact) mass is 273 g/mol. The lowest BCUT2D eigenvalue weighted by Gasteiger charge is -2.13. The SMILES string of the molecule is Bc1c(F)cc(P)c(OSNCC(C)C)c1C. The van der Waals surface area contributed by atoms with E-state index in [-0.39, 0.29) is 5.82 Å². The summed E-state index contributed by atoms with van der Waals surface area (Å²) in [6, 6.07) is 1.48. The van der Waals surface area contributed by atoms with E-state index in [1.165, 1.54) is 18.3 Å². The Morgan fingerprint density at radius 3 is 2.82 bits per heavy atom. The van der Waals surface area contributed by atoms with Crippen molar-refractivity contribution >= 4 is 40.1 Å². The molecule has 0 heterocycles. The summed E-state index contributed by atoms with van der Waals surface area (Å²) in [4.78, 5) is 0. The summed E-state index contributed by atoms with van der Waals surface area (Å²) >= 11 is 1.19. The number of hydrogen-bond donors (Lipinski definition) is 1. The lowest BCUT2D eigenvalue weighted by molar-refractivity contribution is 0.596. The summed E-state index contributed by atoms with van der Waals surface area (Å²) in [6.45, 7) is 6.99. The topological polar surface area (TPSA) is 21.3 Å². The molecule has 0 aliphatic heterocycles. The zero-order chi connectivity index (χ0) is 13.0. The van der Waals surface area contributed by atoms with E-state index in [9.17, 15) is 4.39 Å². The Morgan fingerprint density at radius 1 is 1.59 bits per heavy atom. The van der Waals surface area contributed by atoms with Gasteiger partial charge in [0.25, 0.3) is 0 Å². The van der Waals surface area contributed by atoms with Crippen LogP contribution in [0.4, 0.5) is 4.39 Å². The van der Waals surface area contributed by atoms with Gasteiger partial charge in [0.15, 0.2) is 0 Å². The van der Waals surface area contributed by atoms with E-state index in [0.717, 1.165) is 23.2 Å². The number of benzene rings is 1. The predicted octanol–water partition coefficient (Wildman–Crippen LogP) is 1.08. The molecule has 0 saturated carbocycles. The summed E-state index contributed by atoms with van der Waals surface area (Å²) < 4.78 is 22.1. The van der Waals surface area contributed by atoms with Gasteiger partial charge in [-0.25, -0.2) is 9.11 Å². The quantitative estimate of drug-likeness (QED) is 0.285. The van der Waals surface area contributed by atoms with Gasteiger partial charge in [0.2, 0.25) is 0 Å². The molecule has 1 rings (SSSR count). The van der Waals surface area contributed by atoms with Crippen LogP contribution >= 0.6 is 21.5 Å². The summed E-state index contributed by atoms with van der Waals surface area (Å²) in [5.74, 6) is 1.09. The van der Waals surface area contributed by atoms with Crippen LogP contribution in [0.25, 0.3) is 0 Å². The van der Waals surface area contributed by atoms with Crippen LogP contribution in [0.15, 0.2) is 6.07 Å².